The molecule has 3 atom stereocenters. The van der Waals surface area contributed by atoms with Crippen molar-refractivity contribution in [3.05, 3.63) is 36.5 Å². The molecule has 0 amide bonds. The smallest absolute Gasteiger partial charge is 0.160 e. The maximum Gasteiger partial charge on any atom is 0.160 e. The Morgan fingerprint density at radius 1 is 1.19 bits per heavy atom. The summed E-state index contributed by atoms with van der Waals surface area (Å²) in [4.78, 5) is 4.56. The Labute approximate surface area is 155 Å². The second kappa shape index (κ2) is 6.26. The van der Waals surface area contributed by atoms with Crippen LogP contribution in [0.4, 0.5) is 0 Å². The number of pyridine rings is 1. The third kappa shape index (κ3) is 3.17. The molecule has 0 aromatic carbocycles. The first-order valence-corrected chi connectivity index (χ1v) is 9.68. The number of hydrogen-bond donors (Lipinski definition) is 0. The second-order valence-corrected chi connectivity index (χ2v) is 9.20. The van der Waals surface area contributed by atoms with E-state index < -0.39 is 0 Å². The Bertz CT molecular complexity index is 915. The van der Waals surface area contributed by atoms with Crippen LogP contribution in [-0.4, -0.2) is 14.8 Å². The summed E-state index contributed by atoms with van der Waals surface area (Å²) in [6.45, 7) is 9.49. The topological polar surface area (TPSA) is 43.9 Å². The van der Waals surface area contributed by atoms with E-state index in [1.165, 1.54) is 19.3 Å². The van der Waals surface area contributed by atoms with Gasteiger partial charge in [0.1, 0.15) is 11.3 Å². The highest BCUT2D eigenvalue weighted by Crippen LogP contribution is 2.47. The molecule has 4 nitrogen and oxygen atoms in total. The van der Waals surface area contributed by atoms with Crippen molar-refractivity contribution in [1.29, 1.82) is 0 Å². The maximum atomic E-state index is 6.41. The van der Waals surface area contributed by atoms with Crippen LogP contribution >= 0.6 is 0 Å². The Balaban J connectivity index is 1.71. The minimum absolute atomic E-state index is 0.345. The van der Waals surface area contributed by atoms with Gasteiger partial charge in [0.15, 0.2) is 5.58 Å². The summed E-state index contributed by atoms with van der Waals surface area (Å²) in [5.74, 6) is 3.05. The van der Waals surface area contributed by atoms with Gasteiger partial charge in [0.25, 0.3) is 0 Å². The quantitative estimate of drug-likeness (QED) is 0.586. The number of fused-ring (bicyclic) bond motifs is 1. The molecule has 0 saturated heterocycles. The zero-order chi connectivity index (χ0) is 18.5. The molecule has 26 heavy (non-hydrogen) atoms. The molecule has 1 aliphatic carbocycles. The van der Waals surface area contributed by atoms with Crippen molar-refractivity contribution >= 4 is 11.1 Å². The van der Waals surface area contributed by atoms with Gasteiger partial charge < -0.3 is 4.42 Å². The molecule has 4 rings (SSSR count). The molecule has 1 aliphatic rings. The lowest BCUT2D eigenvalue weighted by Crippen LogP contribution is -2.29. The summed E-state index contributed by atoms with van der Waals surface area (Å²) in [7, 11) is 1.94. The Morgan fingerprint density at radius 3 is 2.69 bits per heavy atom. The van der Waals surface area contributed by atoms with Crippen LogP contribution in [0.15, 0.2) is 35.1 Å². The van der Waals surface area contributed by atoms with Gasteiger partial charge in [0, 0.05) is 42.6 Å². The van der Waals surface area contributed by atoms with Crippen LogP contribution in [0, 0.1) is 17.3 Å². The molecule has 0 aliphatic heterocycles. The summed E-state index contributed by atoms with van der Waals surface area (Å²) >= 11 is 0. The van der Waals surface area contributed by atoms with E-state index in [1.807, 2.05) is 36.4 Å². The Morgan fingerprint density at radius 2 is 2.00 bits per heavy atom. The first-order valence-electron chi connectivity index (χ1n) is 9.68. The van der Waals surface area contributed by atoms with Crippen molar-refractivity contribution in [2.75, 3.05) is 0 Å². The fourth-order valence-electron chi connectivity index (χ4n) is 4.49. The highest BCUT2D eigenvalue weighted by atomic mass is 16.3. The normalized spacial score (nSPS) is 24.3. The number of hydrogen-bond acceptors (Lipinski definition) is 3. The number of furan rings is 1. The maximum absolute atomic E-state index is 6.41. The number of rotatable bonds is 2. The van der Waals surface area contributed by atoms with E-state index in [0.29, 0.717) is 11.3 Å². The van der Waals surface area contributed by atoms with Crippen molar-refractivity contribution in [1.82, 2.24) is 14.8 Å². The second-order valence-electron chi connectivity index (χ2n) is 9.20. The van der Waals surface area contributed by atoms with Gasteiger partial charge in [0.05, 0.1) is 6.20 Å². The fraction of sp³-hybridized carbons (Fsp3) is 0.545. The number of aryl methyl sites for hydroxylation is 1. The molecular formula is C22H29N3O. The van der Waals surface area contributed by atoms with E-state index in [4.69, 9.17) is 4.42 Å². The highest BCUT2D eigenvalue weighted by molar-refractivity contribution is 5.89. The van der Waals surface area contributed by atoms with Gasteiger partial charge in [-0.2, -0.15) is 5.10 Å². The summed E-state index contributed by atoms with van der Waals surface area (Å²) < 4.78 is 8.23. The Hall–Kier alpha value is -2.10. The van der Waals surface area contributed by atoms with Gasteiger partial charge in [0.2, 0.25) is 0 Å². The van der Waals surface area contributed by atoms with Crippen LogP contribution in [0.1, 0.15) is 58.6 Å². The van der Waals surface area contributed by atoms with E-state index >= 15 is 0 Å². The molecule has 3 aromatic heterocycles. The van der Waals surface area contributed by atoms with Crippen LogP contribution in [-0.2, 0) is 7.05 Å². The van der Waals surface area contributed by atoms with Gasteiger partial charge in [-0.3, -0.25) is 9.67 Å². The van der Waals surface area contributed by atoms with Crippen molar-refractivity contribution < 1.29 is 4.42 Å². The van der Waals surface area contributed by atoms with Gasteiger partial charge in [-0.1, -0.05) is 27.7 Å². The SMILES string of the molecule is CC1CC(c2cc3nccc(-c4cnn(C)c4)c3o2)CC(C(C)(C)C)C1. The molecule has 3 aromatic rings. The average molecular weight is 351 g/mol. The minimum atomic E-state index is 0.345. The van der Waals surface area contributed by atoms with Crippen molar-refractivity contribution in [3.63, 3.8) is 0 Å². The van der Waals surface area contributed by atoms with Crippen LogP contribution in [0.3, 0.4) is 0 Å². The standard InChI is InChI=1S/C22H29N3O/c1-14-8-15(10-17(9-14)22(2,3)4)20-11-19-21(26-20)18(6-7-23-19)16-12-24-25(5)13-16/h6-7,11-15,17H,8-10H2,1-5H3. The first-order chi connectivity index (χ1) is 12.3. The van der Waals surface area contributed by atoms with Crippen LogP contribution in [0.25, 0.3) is 22.2 Å². The van der Waals surface area contributed by atoms with Crippen molar-refractivity contribution in [3.8, 4) is 11.1 Å². The molecule has 0 radical (unpaired) electrons. The predicted octanol–water partition coefficient (Wildman–Crippen LogP) is 5.79. The first kappa shape index (κ1) is 17.3. The third-order valence-corrected chi connectivity index (χ3v) is 6.02. The molecule has 1 fully saturated rings. The van der Waals surface area contributed by atoms with E-state index in [0.717, 1.165) is 39.8 Å². The van der Waals surface area contributed by atoms with Gasteiger partial charge in [-0.05, 0) is 42.6 Å². The lowest BCUT2D eigenvalue weighted by Gasteiger charge is -2.40. The third-order valence-electron chi connectivity index (χ3n) is 6.02. The predicted molar refractivity (Wildman–Crippen MR) is 105 cm³/mol. The molecular weight excluding hydrogens is 322 g/mol. The van der Waals surface area contributed by atoms with E-state index in [2.05, 4.69) is 43.8 Å². The molecule has 0 spiro atoms. The van der Waals surface area contributed by atoms with Gasteiger partial charge in [-0.25, -0.2) is 0 Å². The average Bonchev–Trinajstić information content (AvgIpc) is 3.19. The molecule has 3 unspecified atom stereocenters. The van der Waals surface area contributed by atoms with Crippen molar-refractivity contribution in [2.45, 2.75) is 52.9 Å². The lowest BCUT2D eigenvalue weighted by molar-refractivity contribution is 0.127. The molecule has 3 heterocycles. The molecule has 4 heteroatoms. The zero-order valence-corrected chi connectivity index (χ0v) is 16.5. The Kier molecular flexibility index (Phi) is 4.17. The summed E-state index contributed by atoms with van der Waals surface area (Å²) in [5.41, 5.74) is 4.34. The molecule has 1 saturated carbocycles. The number of nitrogens with zero attached hydrogens (tertiary/aromatic N) is 3. The van der Waals surface area contributed by atoms with E-state index in [9.17, 15) is 0 Å². The molecule has 138 valence electrons. The monoisotopic (exact) mass is 351 g/mol. The zero-order valence-electron chi connectivity index (χ0n) is 16.5. The lowest BCUT2D eigenvalue weighted by atomic mass is 9.65. The summed E-state index contributed by atoms with van der Waals surface area (Å²) in [5, 5.41) is 4.30. The van der Waals surface area contributed by atoms with Crippen LogP contribution < -0.4 is 0 Å². The van der Waals surface area contributed by atoms with Gasteiger partial charge >= 0.3 is 0 Å². The van der Waals surface area contributed by atoms with E-state index in [1.54, 1.807) is 0 Å². The van der Waals surface area contributed by atoms with Crippen LogP contribution in [0.2, 0.25) is 0 Å². The van der Waals surface area contributed by atoms with E-state index in [-0.39, 0.29) is 0 Å². The minimum Gasteiger partial charge on any atom is -0.458 e. The fourth-order valence-corrected chi connectivity index (χ4v) is 4.49. The largest absolute Gasteiger partial charge is 0.458 e. The van der Waals surface area contributed by atoms with Crippen molar-refractivity contribution in [2.24, 2.45) is 24.3 Å². The molecule has 0 N–H and O–H groups in total. The number of aromatic nitrogens is 3. The molecule has 0 bridgehead atoms. The summed E-state index contributed by atoms with van der Waals surface area (Å²) in [6, 6.07) is 4.19. The highest BCUT2D eigenvalue weighted by Gasteiger charge is 2.35. The van der Waals surface area contributed by atoms with Crippen LogP contribution in [0.5, 0.6) is 0 Å². The summed E-state index contributed by atoms with van der Waals surface area (Å²) in [6.07, 6.45) is 9.50. The van der Waals surface area contributed by atoms with Gasteiger partial charge in [-0.15, -0.1) is 0 Å².